The second-order valence-electron chi connectivity index (χ2n) is 5.34. The quantitative estimate of drug-likeness (QED) is 0.807. The maximum atomic E-state index is 4.56. The van der Waals surface area contributed by atoms with Gasteiger partial charge in [-0.2, -0.15) is 0 Å². The molecule has 0 saturated heterocycles. The summed E-state index contributed by atoms with van der Waals surface area (Å²) in [4.78, 5) is 8.04. The second kappa shape index (κ2) is 5.57. The van der Waals surface area contributed by atoms with E-state index in [1.54, 1.807) is 0 Å². The SMILES string of the molecule is CCCNCc1cnc(C2Cc3ccccc3C2)[nH]1. The summed E-state index contributed by atoms with van der Waals surface area (Å²) < 4.78 is 0. The van der Waals surface area contributed by atoms with Crippen LogP contribution in [0.1, 0.15) is 41.9 Å². The molecule has 0 unspecified atom stereocenters. The lowest BCUT2D eigenvalue weighted by Crippen LogP contribution is -2.14. The standard InChI is InChI=1S/C16H21N3/c1-2-7-17-10-15-11-18-16(19-15)14-8-12-5-3-4-6-13(12)9-14/h3-6,11,14,17H,2,7-10H2,1H3,(H,18,19). The molecule has 3 heteroatoms. The summed E-state index contributed by atoms with van der Waals surface area (Å²) in [6, 6.07) is 8.73. The van der Waals surface area contributed by atoms with Crippen molar-refractivity contribution in [3.05, 3.63) is 53.1 Å². The second-order valence-corrected chi connectivity index (χ2v) is 5.34. The van der Waals surface area contributed by atoms with Gasteiger partial charge in [-0.25, -0.2) is 4.98 Å². The van der Waals surface area contributed by atoms with Gasteiger partial charge in [-0.05, 0) is 36.9 Å². The Morgan fingerprint density at radius 3 is 2.68 bits per heavy atom. The molecule has 0 saturated carbocycles. The van der Waals surface area contributed by atoms with Gasteiger partial charge in [0, 0.05) is 24.4 Å². The van der Waals surface area contributed by atoms with Gasteiger partial charge in [-0.3, -0.25) is 0 Å². The Kier molecular flexibility index (Phi) is 3.65. The Balaban J connectivity index is 1.65. The van der Waals surface area contributed by atoms with E-state index < -0.39 is 0 Å². The van der Waals surface area contributed by atoms with Crippen molar-refractivity contribution in [2.75, 3.05) is 6.54 Å². The van der Waals surface area contributed by atoms with Crippen LogP contribution in [0, 0.1) is 0 Å². The molecule has 1 aromatic carbocycles. The van der Waals surface area contributed by atoms with Gasteiger partial charge in [-0.1, -0.05) is 31.2 Å². The molecule has 0 radical (unpaired) electrons. The van der Waals surface area contributed by atoms with E-state index in [1.165, 1.54) is 23.2 Å². The van der Waals surface area contributed by atoms with Gasteiger partial charge in [0.2, 0.25) is 0 Å². The van der Waals surface area contributed by atoms with Gasteiger partial charge >= 0.3 is 0 Å². The van der Waals surface area contributed by atoms with Crippen molar-refractivity contribution in [3.8, 4) is 0 Å². The third-order valence-corrected chi connectivity index (χ3v) is 3.83. The highest BCUT2D eigenvalue weighted by molar-refractivity contribution is 5.35. The molecule has 0 atom stereocenters. The lowest BCUT2D eigenvalue weighted by Gasteiger charge is -2.04. The lowest BCUT2D eigenvalue weighted by molar-refractivity contribution is 0.656. The third kappa shape index (κ3) is 2.71. The fourth-order valence-electron chi connectivity index (χ4n) is 2.83. The summed E-state index contributed by atoms with van der Waals surface area (Å²) in [6.07, 6.45) is 5.37. The Labute approximate surface area is 114 Å². The zero-order valence-corrected chi connectivity index (χ0v) is 11.4. The molecule has 0 spiro atoms. The highest BCUT2D eigenvalue weighted by Crippen LogP contribution is 2.32. The van der Waals surface area contributed by atoms with E-state index in [4.69, 9.17) is 0 Å². The normalized spacial score (nSPS) is 14.8. The van der Waals surface area contributed by atoms with Gasteiger partial charge in [0.15, 0.2) is 0 Å². The van der Waals surface area contributed by atoms with E-state index in [2.05, 4.69) is 46.5 Å². The summed E-state index contributed by atoms with van der Waals surface area (Å²) in [5.41, 5.74) is 4.16. The van der Waals surface area contributed by atoms with E-state index in [0.717, 1.165) is 31.8 Å². The molecular weight excluding hydrogens is 234 g/mol. The Morgan fingerprint density at radius 1 is 1.26 bits per heavy atom. The van der Waals surface area contributed by atoms with E-state index in [-0.39, 0.29) is 0 Å². The van der Waals surface area contributed by atoms with Crippen LogP contribution in [0.15, 0.2) is 30.5 Å². The van der Waals surface area contributed by atoms with Crippen LogP contribution in [0.25, 0.3) is 0 Å². The minimum Gasteiger partial charge on any atom is -0.345 e. The van der Waals surface area contributed by atoms with Crippen molar-refractivity contribution in [1.29, 1.82) is 0 Å². The first-order valence-electron chi connectivity index (χ1n) is 7.18. The molecule has 1 heterocycles. The average molecular weight is 255 g/mol. The fourth-order valence-corrected chi connectivity index (χ4v) is 2.83. The monoisotopic (exact) mass is 255 g/mol. The fraction of sp³-hybridized carbons (Fsp3) is 0.438. The number of hydrogen-bond acceptors (Lipinski definition) is 2. The van der Waals surface area contributed by atoms with Gasteiger partial charge < -0.3 is 10.3 Å². The molecule has 3 nitrogen and oxygen atoms in total. The number of fused-ring (bicyclic) bond motifs is 1. The zero-order valence-electron chi connectivity index (χ0n) is 11.4. The lowest BCUT2D eigenvalue weighted by atomic mass is 10.1. The van der Waals surface area contributed by atoms with Crippen molar-refractivity contribution >= 4 is 0 Å². The topological polar surface area (TPSA) is 40.7 Å². The van der Waals surface area contributed by atoms with Crippen LogP contribution >= 0.6 is 0 Å². The van der Waals surface area contributed by atoms with Crippen LogP contribution in [0.3, 0.4) is 0 Å². The molecule has 1 aliphatic carbocycles. The molecule has 100 valence electrons. The summed E-state index contributed by atoms with van der Waals surface area (Å²) >= 11 is 0. The highest BCUT2D eigenvalue weighted by atomic mass is 15.0. The molecule has 0 bridgehead atoms. The molecule has 1 aliphatic rings. The molecule has 0 fully saturated rings. The molecule has 0 aliphatic heterocycles. The largest absolute Gasteiger partial charge is 0.345 e. The summed E-state index contributed by atoms with van der Waals surface area (Å²) in [7, 11) is 0. The first-order valence-corrected chi connectivity index (χ1v) is 7.18. The Bertz CT molecular complexity index is 519. The minimum atomic E-state index is 0.525. The third-order valence-electron chi connectivity index (χ3n) is 3.83. The van der Waals surface area contributed by atoms with Crippen molar-refractivity contribution < 1.29 is 0 Å². The van der Waals surface area contributed by atoms with Crippen LogP contribution in [-0.4, -0.2) is 16.5 Å². The number of aromatic amines is 1. The summed E-state index contributed by atoms with van der Waals surface area (Å²) in [5.74, 6) is 1.67. The Morgan fingerprint density at radius 2 is 2.00 bits per heavy atom. The summed E-state index contributed by atoms with van der Waals surface area (Å²) in [6.45, 7) is 4.13. The molecule has 0 amide bonds. The van der Waals surface area contributed by atoms with Crippen molar-refractivity contribution in [2.45, 2.75) is 38.6 Å². The minimum absolute atomic E-state index is 0.525. The summed E-state index contributed by atoms with van der Waals surface area (Å²) in [5, 5.41) is 3.40. The number of rotatable bonds is 5. The number of hydrogen-bond donors (Lipinski definition) is 2. The van der Waals surface area contributed by atoms with Crippen LogP contribution in [0.4, 0.5) is 0 Å². The molecule has 19 heavy (non-hydrogen) atoms. The number of imidazole rings is 1. The van der Waals surface area contributed by atoms with Crippen LogP contribution < -0.4 is 5.32 Å². The maximum Gasteiger partial charge on any atom is 0.110 e. The molecule has 1 aromatic heterocycles. The molecule has 2 N–H and O–H groups in total. The number of H-pyrrole nitrogens is 1. The predicted molar refractivity (Wildman–Crippen MR) is 77.2 cm³/mol. The molecule has 2 aromatic rings. The van der Waals surface area contributed by atoms with Crippen LogP contribution in [-0.2, 0) is 19.4 Å². The number of nitrogens with zero attached hydrogens (tertiary/aromatic N) is 1. The van der Waals surface area contributed by atoms with Crippen molar-refractivity contribution in [1.82, 2.24) is 15.3 Å². The van der Waals surface area contributed by atoms with E-state index in [9.17, 15) is 0 Å². The van der Waals surface area contributed by atoms with Gasteiger partial charge in [0.05, 0.1) is 0 Å². The van der Waals surface area contributed by atoms with E-state index in [0.29, 0.717) is 5.92 Å². The highest BCUT2D eigenvalue weighted by Gasteiger charge is 2.24. The number of benzene rings is 1. The van der Waals surface area contributed by atoms with Crippen LogP contribution in [0.2, 0.25) is 0 Å². The van der Waals surface area contributed by atoms with E-state index >= 15 is 0 Å². The first kappa shape index (κ1) is 12.4. The van der Waals surface area contributed by atoms with Crippen LogP contribution in [0.5, 0.6) is 0 Å². The number of aromatic nitrogens is 2. The first-order chi connectivity index (χ1) is 9.36. The van der Waals surface area contributed by atoms with E-state index in [1.807, 2.05) is 6.20 Å². The van der Waals surface area contributed by atoms with Crippen molar-refractivity contribution in [2.24, 2.45) is 0 Å². The number of nitrogens with one attached hydrogen (secondary N) is 2. The van der Waals surface area contributed by atoms with Crippen molar-refractivity contribution in [3.63, 3.8) is 0 Å². The van der Waals surface area contributed by atoms with Gasteiger partial charge in [0.25, 0.3) is 0 Å². The van der Waals surface area contributed by atoms with Gasteiger partial charge in [-0.15, -0.1) is 0 Å². The Hall–Kier alpha value is -1.61. The van der Waals surface area contributed by atoms with Gasteiger partial charge in [0.1, 0.15) is 5.82 Å². The molecular formula is C16H21N3. The zero-order chi connectivity index (χ0) is 13.1. The smallest absolute Gasteiger partial charge is 0.110 e. The maximum absolute atomic E-state index is 4.56. The molecule has 3 rings (SSSR count). The predicted octanol–water partition coefficient (Wildman–Crippen LogP) is 2.79. The average Bonchev–Trinajstić information content (AvgIpc) is 3.04.